The van der Waals surface area contributed by atoms with Gasteiger partial charge in [0.05, 0.1) is 13.3 Å². The van der Waals surface area contributed by atoms with Crippen molar-refractivity contribution in [3.63, 3.8) is 0 Å². The quantitative estimate of drug-likeness (QED) is 0.602. The van der Waals surface area contributed by atoms with E-state index in [1.54, 1.807) is 13.3 Å². The molecule has 0 amide bonds. The standard InChI is InChI=1S/C17H14N6O/c1-24-13-8-11(7-12-9-19-21-14(12)13)16-15(20-17(18)23-22-16)10-5-3-2-4-6-10/h2-9H,1H3,(H,19,21)(H2,18,20,23). The Morgan fingerprint density at radius 2 is 1.83 bits per heavy atom. The van der Waals surface area contributed by atoms with Crippen LogP contribution in [0.4, 0.5) is 5.95 Å². The van der Waals surface area contributed by atoms with Crippen molar-refractivity contribution in [1.82, 2.24) is 25.4 Å². The van der Waals surface area contributed by atoms with Crippen LogP contribution in [0, 0.1) is 0 Å². The third-order valence-corrected chi connectivity index (χ3v) is 3.76. The largest absolute Gasteiger partial charge is 0.494 e. The average Bonchev–Trinajstić information content (AvgIpc) is 3.10. The molecule has 0 bridgehead atoms. The Bertz CT molecular complexity index is 1010. The maximum Gasteiger partial charge on any atom is 0.240 e. The molecule has 2 heterocycles. The number of H-pyrrole nitrogens is 1. The van der Waals surface area contributed by atoms with E-state index in [0.29, 0.717) is 17.1 Å². The van der Waals surface area contributed by atoms with E-state index in [4.69, 9.17) is 10.5 Å². The molecule has 0 unspecified atom stereocenters. The zero-order valence-corrected chi connectivity index (χ0v) is 12.9. The van der Waals surface area contributed by atoms with Gasteiger partial charge in [-0.05, 0) is 12.1 Å². The monoisotopic (exact) mass is 318 g/mol. The molecule has 0 spiro atoms. The van der Waals surface area contributed by atoms with Crippen LogP contribution in [0.1, 0.15) is 0 Å². The maximum atomic E-state index is 5.75. The van der Waals surface area contributed by atoms with E-state index >= 15 is 0 Å². The Balaban J connectivity index is 1.97. The minimum absolute atomic E-state index is 0.133. The normalized spacial score (nSPS) is 10.9. The Hall–Kier alpha value is -3.48. The van der Waals surface area contributed by atoms with Crippen molar-refractivity contribution >= 4 is 16.9 Å². The minimum Gasteiger partial charge on any atom is -0.494 e. The second-order valence-electron chi connectivity index (χ2n) is 5.25. The molecule has 118 valence electrons. The van der Waals surface area contributed by atoms with Gasteiger partial charge in [0.1, 0.15) is 22.7 Å². The predicted octanol–water partition coefficient (Wildman–Crippen LogP) is 2.67. The smallest absolute Gasteiger partial charge is 0.240 e. The molecule has 0 saturated carbocycles. The first kappa shape index (κ1) is 14.1. The molecule has 7 heteroatoms. The fourth-order valence-corrected chi connectivity index (χ4v) is 2.65. The summed E-state index contributed by atoms with van der Waals surface area (Å²) in [6.45, 7) is 0. The van der Waals surface area contributed by atoms with Crippen molar-refractivity contribution in [2.24, 2.45) is 0 Å². The van der Waals surface area contributed by atoms with E-state index in [1.807, 2.05) is 42.5 Å². The third kappa shape index (κ3) is 2.32. The van der Waals surface area contributed by atoms with E-state index in [0.717, 1.165) is 22.0 Å². The van der Waals surface area contributed by atoms with Gasteiger partial charge in [0, 0.05) is 16.5 Å². The predicted molar refractivity (Wildman–Crippen MR) is 91.3 cm³/mol. The Morgan fingerprint density at radius 3 is 2.62 bits per heavy atom. The van der Waals surface area contributed by atoms with Crippen LogP contribution < -0.4 is 10.5 Å². The third-order valence-electron chi connectivity index (χ3n) is 3.76. The molecule has 2 aromatic carbocycles. The van der Waals surface area contributed by atoms with Crippen LogP contribution in [-0.2, 0) is 0 Å². The number of nitrogens with zero attached hydrogens (tertiary/aromatic N) is 4. The number of methoxy groups -OCH3 is 1. The topological polar surface area (TPSA) is 103 Å². The number of aromatic nitrogens is 5. The van der Waals surface area contributed by atoms with Crippen LogP contribution in [0.15, 0.2) is 48.7 Å². The Morgan fingerprint density at radius 1 is 1.00 bits per heavy atom. The van der Waals surface area contributed by atoms with Crippen LogP contribution in [0.3, 0.4) is 0 Å². The summed E-state index contributed by atoms with van der Waals surface area (Å²) in [5, 5.41) is 16.1. The summed E-state index contributed by atoms with van der Waals surface area (Å²) in [7, 11) is 1.62. The molecule has 0 fully saturated rings. The number of nitrogens with two attached hydrogens (primary N) is 1. The molecule has 0 saturated heterocycles. The number of anilines is 1. The molecule has 2 aromatic heterocycles. The van der Waals surface area contributed by atoms with Gasteiger partial charge in [-0.2, -0.15) is 5.10 Å². The minimum atomic E-state index is 0.133. The molecule has 3 N–H and O–H groups in total. The molecule has 0 radical (unpaired) electrons. The second-order valence-corrected chi connectivity index (χ2v) is 5.25. The van der Waals surface area contributed by atoms with Gasteiger partial charge in [0.15, 0.2) is 0 Å². The second kappa shape index (κ2) is 5.62. The first-order valence-corrected chi connectivity index (χ1v) is 7.33. The Labute approximate surface area is 137 Å². The summed E-state index contributed by atoms with van der Waals surface area (Å²) in [6.07, 6.45) is 1.74. The number of hydrogen-bond acceptors (Lipinski definition) is 6. The van der Waals surface area contributed by atoms with Gasteiger partial charge >= 0.3 is 0 Å². The molecule has 0 aliphatic carbocycles. The lowest BCUT2D eigenvalue weighted by molar-refractivity contribution is 0.419. The van der Waals surface area contributed by atoms with Gasteiger partial charge in [0.2, 0.25) is 5.95 Å². The number of benzene rings is 2. The molecular weight excluding hydrogens is 304 g/mol. The van der Waals surface area contributed by atoms with Crippen molar-refractivity contribution < 1.29 is 4.74 Å². The van der Waals surface area contributed by atoms with E-state index in [9.17, 15) is 0 Å². The highest BCUT2D eigenvalue weighted by Crippen LogP contribution is 2.34. The van der Waals surface area contributed by atoms with Crippen molar-refractivity contribution in [3.8, 4) is 28.3 Å². The lowest BCUT2D eigenvalue weighted by atomic mass is 10.0. The summed E-state index contributed by atoms with van der Waals surface area (Å²) in [5.41, 5.74) is 9.64. The molecule has 0 aliphatic rings. The number of fused-ring (bicyclic) bond motifs is 1. The van der Waals surface area contributed by atoms with Gasteiger partial charge in [-0.15, -0.1) is 10.2 Å². The number of nitrogen functional groups attached to an aromatic ring is 1. The van der Waals surface area contributed by atoms with Crippen LogP contribution in [0.2, 0.25) is 0 Å². The molecular formula is C17H14N6O. The maximum absolute atomic E-state index is 5.75. The molecule has 7 nitrogen and oxygen atoms in total. The van der Waals surface area contributed by atoms with Gasteiger partial charge in [-0.1, -0.05) is 30.3 Å². The number of aromatic amines is 1. The first-order chi connectivity index (χ1) is 11.8. The molecule has 4 rings (SSSR count). The molecule has 0 atom stereocenters. The van der Waals surface area contributed by atoms with E-state index < -0.39 is 0 Å². The zero-order chi connectivity index (χ0) is 16.5. The number of rotatable bonds is 3. The Kier molecular flexibility index (Phi) is 3.31. The van der Waals surface area contributed by atoms with Crippen LogP contribution in [0.5, 0.6) is 5.75 Å². The van der Waals surface area contributed by atoms with Gasteiger partial charge in [-0.25, -0.2) is 4.98 Å². The summed E-state index contributed by atoms with van der Waals surface area (Å²) in [5.74, 6) is 0.812. The van der Waals surface area contributed by atoms with E-state index in [1.165, 1.54) is 0 Å². The zero-order valence-electron chi connectivity index (χ0n) is 12.9. The van der Waals surface area contributed by atoms with Crippen molar-refractivity contribution in [2.45, 2.75) is 0 Å². The highest BCUT2D eigenvalue weighted by molar-refractivity contribution is 5.91. The van der Waals surface area contributed by atoms with Crippen LogP contribution in [-0.4, -0.2) is 32.5 Å². The average molecular weight is 318 g/mol. The summed E-state index contributed by atoms with van der Waals surface area (Å²) in [6, 6.07) is 13.6. The highest BCUT2D eigenvalue weighted by atomic mass is 16.5. The van der Waals surface area contributed by atoms with Crippen LogP contribution >= 0.6 is 0 Å². The number of nitrogens with one attached hydrogen (secondary N) is 1. The van der Waals surface area contributed by atoms with Crippen LogP contribution in [0.25, 0.3) is 33.4 Å². The molecule has 0 aliphatic heterocycles. The number of ether oxygens (including phenoxy) is 1. The fourth-order valence-electron chi connectivity index (χ4n) is 2.65. The highest BCUT2D eigenvalue weighted by Gasteiger charge is 2.15. The summed E-state index contributed by atoms with van der Waals surface area (Å²) < 4.78 is 5.45. The van der Waals surface area contributed by atoms with E-state index in [2.05, 4.69) is 25.4 Å². The van der Waals surface area contributed by atoms with Crippen molar-refractivity contribution in [1.29, 1.82) is 0 Å². The SMILES string of the molecule is COc1cc(-c2nnc(N)nc2-c2ccccc2)cc2cn[nH]c12. The lowest BCUT2D eigenvalue weighted by Crippen LogP contribution is -2.02. The number of hydrogen-bond donors (Lipinski definition) is 2. The van der Waals surface area contributed by atoms with Crippen molar-refractivity contribution in [2.75, 3.05) is 12.8 Å². The van der Waals surface area contributed by atoms with Crippen molar-refractivity contribution in [3.05, 3.63) is 48.7 Å². The first-order valence-electron chi connectivity index (χ1n) is 7.33. The van der Waals surface area contributed by atoms with E-state index in [-0.39, 0.29) is 5.95 Å². The lowest BCUT2D eigenvalue weighted by Gasteiger charge is -2.10. The fraction of sp³-hybridized carbons (Fsp3) is 0.0588. The summed E-state index contributed by atoms with van der Waals surface area (Å²) in [4.78, 5) is 4.38. The van der Waals surface area contributed by atoms with Gasteiger partial charge < -0.3 is 10.5 Å². The van der Waals surface area contributed by atoms with Gasteiger partial charge in [-0.3, -0.25) is 5.10 Å². The summed E-state index contributed by atoms with van der Waals surface area (Å²) >= 11 is 0. The molecule has 4 aromatic rings. The molecule has 24 heavy (non-hydrogen) atoms. The van der Waals surface area contributed by atoms with Gasteiger partial charge in [0.25, 0.3) is 0 Å².